The number of aromatic nitrogens is 2. The molecule has 1 aromatic carbocycles. The lowest BCUT2D eigenvalue weighted by molar-refractivity contribution is 0.0961. The Morgan fingerprint density at radius 3 is 2.42 bits per heavy atom. The van der Waals surface area contributed by atoms with Crippen LogP contribution in [0.2, 0.25) is 5.02 Å². The Bertz CT molecular complexity index is 776. The lowest BCUT2D eigenvalue weighted by Gasteiger charge is -2.15. The van der Waals surface area contributed by atoms with Crippen molar-refractivity contribution in [3.05, 3.63) is 40.2 Å². The fourth-order valence-corrected chi connectivity index (χ4v) is 2.47. The molecule has 8 heteroatoms. The van der Waals surface area contributed by atoms with Crippen LogP contribution in [0.5, 0.6) is 11.5 Å². The van der Waals surface area contributed by atoms with Crippen LogP contribution in [0.3, 0.4) is 0 Å². The average molecular weight is 379 g/mol. The highest BCUT2D eigenvalue weighted by molar-refractivity contribution is 6.32. The van der Waals surface area contributed by atoms with E-state index in [0.29, 0.717) is 40.6 Å². The van der Waals surface area contributed by atoms with Gasteiger partial charge in [-0.15, -0.1) is 0 Å². The maximum absolute atomic E-state index is 12.4. The number of halogens is 1. The molecule has 0 aliphatic rings. The second kappa shape index (κ2) is 8.71. The van der Waals surface area contributed by atoms with Crippen LogP contribution in [-0.4, -0.2) is 29.6 Å². The molecule has 1 amide bonds. The summed E-state index contributed by atoms with van der Waals surface area (Å²) in [5.41, 5.74) is 7.16. The van der Waals surface area contributed by atoms with Crippen LogP contribution in [0.4, 0.5) is 5.95 Å². The summed E-state index contributed by atoms with van der Waals surface area (Å²) in [7, 11) is 1.50. The van der Waals surface area contributed by atoms with Crippen LogP contribution < -0.4 is 20.3 Å². The molecule has 7 nitrogen and oxygen atoms in total. The quantitative estimate of drug-likeness (QED) is 0.716. The third-order valence-electron chi connectivity index (χ3n) is 3.32. The van der Waals surface area contributed by atoms with Crippen LogP contribution in [0.25, 0.3) is 0 Å². The van der Waals surface area contributed by atoms with Crippen molar-refractivity contribution in [1.29, 1.82) is 0 Å². The number of carbonyl (C=O) groups excluding carboxylic acids is 1. The minimum absolute atomic E-state index is 0.304. The van der Waals surface area contributed by atoms with Crippen molar-refractivity contribution in [3.63, 3.8) is 0 Å². The summed E-state index contributed by atoms with van der Waals surface area (Å²) in [6.45, 7) is 8.25. The van der Waals surface area contributed by atoms with E-state index in [1.807, 2.05) is 33.8 Å². The maximum Gasteiger partial charge on any atom is 0.269 e. The summed E-state index contributed by atoms with van der Waals surface area (Å²) >= 11 is 6.27. The molecule has 0 saturated carbocycles. The van der Waals surface area contributed by atoms with E-state index in [-0.39, 0.29) is 0 Å². The van der Waals surface area contributed by atoms with Gasteiger partial charge in [-0.3, -0.25) is 15.6 Å². The van der Waals surface area contributed by atoms with E-state index < -0.39 is 5.91 Å². The molecule has 1 heterocycles. The number of amides is 1. The molecule has 0 radical (unpaired) electrons. The number of ether oxygens (including phenoxy) is 2. The van der Waals surface area contributed by atoms with Crippen molar-refractivity contribution in [1.82, 2.24) is 15.4 Å². The average Bonchev–Trinajstić information content (AvgIpc) is 2.56. The molecule has 140 valence electrons. The Kier molecular flexibility index (Phi) is 6.63. The van der Waals surface area contributed by atoms with Crippen molar-refractivity contribution in [2.45, 2.75) is 27.7 Å². The van der Waals surface area contributed by atoms with Gasteiger partial charge in [0.25, 0.3) is 5.91 Å². The summed E-state index contributed by atoms with van der Waals surface area (Å²) in [5.74, 6) is 1.06. The number of hydrogen-bond donors (Lipinski definition) is 2. The Morgan fingerprint density at radius 2 is 1.85 bits per heavy atom. The van der Waals surface area contributed by atoms with Gasteiger partial charge < -0.3 is 9.47 Å². The second-order valence-electron chi connectivity index (χ2n) is 6.25. The molecule has 0 aliphatic heterocycles. The van der Waals surface area contributed by atoms with E-state index in [9.17, 15) is 4.79 Å². The number of hydrazine groups is 1. The standard InChI is InChI=1S/C18H23ClN4O3/c1-10(2)9-26-16-14(19)7-13(8-15(16)25-5)17(24)22-23-18-20-11(3)6-12(4)21-18/h6-8,10H,9H2,1-5H3,(H,22,24)(H,20,21,23). The van der Waals surface area contributed by atoms with Crippen molar-refractivity contribution in [2.75, 3.05) is 19.1 Å². The third-order valence-corrected chi connectivity index (χ3v) is 3.60. The van der Waals surface area contributed by atoms with Gasteiger partial charge in [-0.25, -0.2) is 9.97 Å². The van der Waals surface area contributed by atoms with E-state index >= 15 is 0 Å². The number of hydrogen-bond acceptors (Lipinski definition) is 6. The molecule has 26 heavy (non-hydrogen) atoms. The molecule has 0 atom stereocenters. The fourth-order valence-electron chi connectivity index (χ4n) is 2.21. The maximum atomic E-state index is 12.4. The van der Waals surface area contributed by atoms with Crippen molar-refractivity contribution >= 4 is 23.5 Å². The van der Waals surface area contributed by atoms with Gasteiger partial charge >= 0.3 is 0 Å². The van der Waals surface area contributed by atoms with Crippen LogP contribution in [0.1, 0.15) is 35.6 Å². The molecule has 0 saturated heterocycles. The Morgan fingerprint density at radius 1 is 1.19 bits per heavy atom. The van der Waals surface area contributed by atoms with E-state index in [0.717, 1.165) is 11.4 Å². The zero-order valence-corrected chi connectivity index (χ0v) is 16.3. The molecule has 2 aromatic rings. The molecule has 2 rings (SSSR count). The molecule has 2 N–H and O–H groups in total. The number of methoxy groups -OCH3 is 1. The van der Waals surface area contributed by atoms with Gasteiger partial charge in [0.1, 0.15) is 0 Å². The summed E-state index contributed by atoms with van der Waals surface area (Å²) in [6, 6.07) is 4.94. The van der Waals surface area contributed by atoms with Crippen molar-refractivity contribution < 1.29 is 14.3 Å². The second-order valence-corrected chi connectivity index (χ2v) is 6.65. The molecule has 0 bridgehead atoms. The summed E-state index contributed by atoms with van der Waals surface area (Å²) < 4.78 is 11.0. The van der Waals surface area contributed by atoms with Crippen LogP contribution >= 0.6 is 11.6 Å². The smallest absolute Gasteiger partial charge is 0.269 e. The number of anilines is 1. The van der Waals surface area contributed by atoms with Gasteiger partial charge in [-0.05, 0) is 38.0 Å². The molecular weight excluding hydrogens is 356 g/mol. The number of nitrogens with zero attached hydrogens (tertiary/aromatic N) is 2. The summed E-state index contributed by atoms with van der Waals surface area (Å²) in [6.07, 6.45) is 0. The van der Waals surface area contributed by atoms with Crippen LogP contribution in [0, 0.1) is 19.8 Å². The van der Waals surface area contributed by atoms with Gasteiger partial charge in [-0.1, -0.05) is 25.4 Å². The topological polar surface area (TPSA) is 85.4 Å². The van der Waals surface area contributed by atoms with E-state index in [4.69, 9.17) is 21.1 Å². The molecule has 0 fully saturated rings. The van der Waals surface area contributed by atoms with Gasteiger partial charge in [0.05, 0.1) is 18.7 Å². The molecule has 0 unspecified atom stereocenters. The highest BCUT2D eigenvalue weighted by Gasteiger charge is 2.16. The largest absolute Gasteiger partial charge is 0.493 e. The van der Waals surface area contributed by atoms with Crippen molar-refractivity contribution in [2.24, 2.45) is 5.92 Å². The van der Waals surface area contributed by atoms with E-state index in [2.05, 4.69) is 20.8 Å². The first-order valence-electron chi connectivity index (χ1n) is 8.19. The Balaban J connectivity index is 2.14. The first-order valence-corrected chi connectivity index (χ1v) is 8.57. The van der Waals surface area contributed by atoms with E-state index in [1.54, 1.807) is 6.07 Å². The predicted octanol–water partition coefficient (Wildman–Crippen LogP) is 3.55. The lowest BCUT2D eigenvalue weighted by atomic mass is 10.2. The van der Waals surface area contributed by atoms with Crippen molar-refractivity contribution in [3.8, 4) is 11.5 Å². The Hall–Kier alpha value is -2.54. The molecule has 1 aromatic heterocycles. The minimum Gasteiger partial charge on any atom is -0.493 e. The number of nitrogens with one attached hydrogen (secondary N) is 2. The molecular formula is C18H23ClN4O3. The predicted molar refractivity (Wildman–Crippen MR) is 101 cm³/mol. The highest BCUT2D eigenvalue weighted by atomic mass is 35.5. The number of rotatable bonds is 7. The normalized spacial score (nSPS) is 10.6. The van der Waals surface area contributed by atoms with Crippen LogP contribution in [-0.2, 0) is 0 Å². The number of carbonyl (C=O) groups is 1. The van der Waals surface area contributed by atoms with Crippen LogP contribution in [0.15, 0.2) is 18.2 Å². The monoisotopic (exact) mass is 378 g/mol. The fraction of sp³-hybridized carbons (Fsp3) is 0.389. The molecule has 0 spiro atoms. The molecule has 0 aliphatic carbocycles. The summed E-state index contributed by atoms with van der Waals surface area (Å²) in [5, 5.41) is 0.304. The SMILES string of the molecule is COc1cc(C(=O)NNc2nc(C)cc(C)n2)cc(Cl)c1OCC(C)C. The first kappa shape index (κ1) is 19.8. The van der Waals surface area contributed by atoms with Gasteiger partial charge in [0.15, 0.2) is 11.5 Å². The van der Waals surface area contributed by atoms with Gasteiger partial charge in [0.2, 0.25) is 5.95 Å². The zero-order valence-electron chi connectivity index (χ0n) is 15.5. The number of benzene rings is 1. The minimum atomic E-state index is -0.400. The number of aryl methyl sites for hydroxylation is 2. The Labute approximate surface area is 158 Å². The summed E-state index contributed by atoms with van der Waals surface area (Å²) in [4.78, 5) is 20.8. The zero-order chi connectivity index (χ0) is 19.3. The van der Waals surface area contributed by atoms with Gasteiger partial charge in [-0.2, -0.15) is 0 Å². The van der Waals surface area contributed by atoms with E-state index in [1.165, 1.54) is 13.2 Å². The third kappa shape index (κ3) is 5.23. The first-order chi connectivity index (χ1) is 12.3. The highest BCUT2D eigenvalue weighted by Crippen LogP contribution is 2.36. The van der Waals surface area contributed by atoms with Gasteiger partial charge in [0, 0.05) is 17.0 Å². The lowest BCUT2D eigenvalue weighted by Crippen LogP contribution is -2.30.